The molecule has 0 aliphatic carbocycles. The van der Waals surface area contributed by atoms with Crippen molar-refractivity contribution in [2.45, 2.75) is 18.9 Å². The number of ether oxygens (including phenoxy) is 1. The van der Waals surface area contributed by atoms with E-state index in [1.54, 1.807) is 18.1 Å². The van der Waals surface area contributed by atoms with E-state index in [0.717, 1.165) is 0 Å². The normalized spacial score (nSPS) is 15.4. The third-order valence-corrected chi connectivity index (χ3v) is 6.17. The lowest BCUT2D eigenvalue weighted by atomic mass is 9.88. The fraction of sp³-hybridized carbons (Fsp3) is 0.409. The molecule has 0 spiro atoms. The molecule has 2 N–H and O–H groups in total. The molecule has 1 fully saturated rings. The van der Waals surface area contributed by atoms with Gasteiger partial charge in [0.05, 0.1) is 11.5 Å². The van der Waals surface area contributed by atoms with Crippen molar-refractivity contribution in [3.8, 4) is 0 Å². The van der Waals surface area contributed by atoms with Crippen molar-refractivity contribution in [3.05, 3.63) is 58.0 Å². The van der Waals surface area contributed by atoms with E-state index in [9.17, 15) is 18.8 Å². The number of nitrogens with one attached hydrogen (secondary N) is 2. The molecule has 0 bridgehead atoms. The van der Waals surface area contributed by atoms with Gasteiger partial charge in [0.1, 0.15) is 11.9 Å². The SMILES string of the molecule is COCCNC(=O)[C@@H](NC(=O)c1ccc(F)cc1)C1CCN(C(=O)c2cccs2)CC1. The van der Waals surface area contributed by atoms with Crippen molar-refractivity contribution in [3.63, 3.8) is 0 Å². The number of benzene rings is 1. The molecule has 3 amide bonds. The smallest absolute Gasteiger partial charge is 0.263 e. The molecule has 1 aliphatic rings. The molecule has 2 heterocycles. The summed E-state index contributed by atoms with van der Waals surface area (Å²) >= 11 is 1.40. The minimum atomic E-state index is -0.756. The van der Waals surface area contributed by atoms with Crippen molar-refractivity contribution in [2.24, 2.45) is 5.92 Å². The van der Waals surface area contributed by atoms with Gasteiger partial charge >= 0.3 is 0 Å². The summed E-state index contributed by atoms with van der Waals surface area (Å²) in [5, 5.41) is 7.46. The molecule has 0 saturated carbocycles. The van der Waals surface area contributed by atoms with E-state index in [-0.39, 0.29) is 23.3 Å². The predicted octanol–water partition coefficient (Wildman–Crippen LogP) is 2.30. The van der Waals surface area contributed by atoms with E-state index in [1.165, 1.54) is 35.6 Å². The number of likely N-dealkylation sites (tertiary alicyclic amines) is 1. The first-order chi connectivity index (χ1) is 15.0. The number of methoxy groups -OCH3 is 1. The lowest BCUT2D eigenvalue weighted by Gasteiger charge is -2.35. The van der Waals surface area contributed by atoms with E-state index in [0.29, 0.717) is 44.0 Å². The van der Waals surface area contributed by atoms with Crippen LogP contribution in [0.25, 0.3) is 0 Å². The van der Waals surface area contributed by atoms with Crippen molar-refractivity contribution < 1.29 is 23.5 Å². The number of thiophene rings is 1. The summed E-state index contributed by atoms with van der Waals surface area (Å²) in [5.41, 5.74) is 0.279. The maximum atomic E-state index is 13.2. The van der Waals surface area contributed by atoms with Gasteiger partial charge in [-0.2, -0.15) is 0 Å². The van der Waals surface area contributed by atoms with Gasteiger partial charge in [-0.1, -0.05) is 6.07 Å². The summed E-state index contributed by atoms with van der Waals surface area (Å²) in [7, 11) is 1.54. The van der Waals surface area contributed by atoms with E-state index in [2.05, 4.69) is 10.6 Å². The zero-order chi connectivity index (χ0) is 22.2. The number of carbonyl (C=O) groups excluding carboxylic acids is 3. The van der Waals surface area contributed by atoms with Gasteiger partial charge in [-0.3, -0.25) is 14.4 Å². The summed E-state index contributed by atoms with van der Waals surface area (Å²) in [6.45, 7) is 1.71. The van der Waals surface area contributed by atoms with Crippen LogP contribution in [0.2, 0.25) is 0 Å². The lowest BCUT2D eigenvalue weighted by molar-refractivity contribution is -0.124. The van der Waals surface area contributed by atoms with E-state index in [1.807, 2.05) is 11.4 Å². The maximum absolute atomic E-state index is 13.2. The molecule has 1 saturated heterocycles. The highest BCUT2D eigenvalue weighted by Gasteiger charge is 2.34. The molecule has 31 heavy (non-hydrogen) atoms. The van der Waals surface area contributed by atoms with Crippen LogP contribution in [0, 0.1) is 11.7 Å². The standard InChI is InChI=1S/C22H26FN3O4S/c1-30-13-10-24-21(28)19(25-20(27)16-4-6-17(23)7-5-16)15-8-11-26(12-9-15)22(29)18-3-2-14-31-18/h2-7,14-15,19H,8-13H2,1H3,(H,24,28)(H,25,27)/t19-/m0/s1. The average Bonchev–Trinajstić information content (AvgIpc) is 3.32. The second-order valence-electron chi connectivity index (χ2n) is 7.35. The van der Waals surface area contributed by atoms with Crippen molar-refractivity contribution >= 4 is 29.1 Å². The van der Waals surface area contributed by atoms with Gasteiger partial charge in [-0.25, -0.2) is 4.39 Å². The Morgan fingerprint density at radius 3 is 2.52 bits per heavy atom. The molecule has 3 rings (SSSR count). The van der Waals surface area contributed by atoms with Crippen LogP contribution in [0.5, 0.6) is 0 Å². The molecule has 166 valence electrons. The zero-order valence-electron chi connectivity index (χ0n) is 17.3. The third kappa shape index (κ3) is 6.11. The highest BCUT2D eigenvalue weighted by molar-refractivity contribution is 7.12. The van der Waals surface area contributed by atoms with Gasteiger partial charge in [-0.05, 0) is 54.5 Å². The van der Waals surface area contributed by atoms with Gasteiger partial charge in [0.2, 0.25) is 5.91 Å². The molecule has 1 aromatic heterocycles. The van der Waals surface area contributed by atoms with Crippen molar-refractivity contribution in [2.75, 3.05) is 33.4 Å². The number of amides is 3. The molecular formula is C22H26FN3O4S. The molecular weight excluding hydrogens is 421 g/mol. The first-order valence-electron chi connectivity index (χ1n) is 10.2. The first-order valence-corrected chi connectivity index (χ1v) is 11.0. The quantitative estimate of drug-likeness (QED) is 0.608. The number of nitrogens with zero attached hydrogens (tertiary/aromatic N) is 1. The highest BCUT2D eigenvalue weighted by atomic mass is 32.1. The second-order valence-corrected chi connectivity index (χ2v) is 8.30. The molecule has 1 aliphatic heterocycles. The maximum Gasteiger partial charge on any atom is 0.263 e. The van der Waals surface area contributed by atoms with Crippen LogP contribution in [0.15, 0.2) is 41.8 Å². The van der Waals surface area contributed by atoms with Gasteiger partial charge in [-0.15, -0.1) is 11.3 Å². The molecule has 0 unspecified atom stereocenters. The van der Waals surface area contributed by atoms with Crippen LogP contribution in [0.1, 0.15) is 32.9 Å². The third-order valence-electron chi connectivity index (χ3n) is 5.31. The minimum Gasteiger partial charge on any atom is -0.383 e. The predicted molar refractivity (Wildman–Crippen MR) is 115 cm³/mol. The summed E-state index contributed by atoms with van der Waals surface area (Å²) in [6.07, 6.45) is 1.17. The molecule has 9 heteroatoms. The minimum absolute atomic E-state index is 0.00936. The van der Waals surface area contributed by atoms with E-state index in [4.69, 9.17) is 4.74 Å². The Bertz CT molecular complexity index is 881. The van der Waals surface area contributed by atoms with Gasteiger partial charge in [0.15, 0.2) is 0 Å². The van der Waals surface area contributed by atoms with Crippen LogP contribution < -0.4 is 10.6 Å². The number of carbonyl (C=O) groups is 3. The number of hydrogen-bond donors (Lipinski definition) is 2. The van der Waals surface area contributed by atoms with Gasteiger partial charge in [0.25, 0.3) is 11.8 Å². The Labute approximate surface area is 184 Å². The Morgan fingerprint density at radius 2 is 1.90 bits per heavy atom. The van der Waals surface area contributed by atoms with Gasteiger partial charge < -0.3 is 20.3 Å². The zero-order valence-corrected chi connectivity index (χ0v) is 18.1. The summed E-state index contributed by atoms with van der Waals surface area (Å²) < 4.78 is 18.1. The lowest BCUT2D eigenvalue weighted by Crippen LogP contribution is -2.54. The van der Waals surface area contributed by atoms with Crippen LogP contribution in [-0.2, 0) is 9.53 Å². The van der Waals surface area contributed by atoms with E-state index < -0.39 is 17.8 Å². The number of piperidine rings is 1. The van der Waals surface area contributed by atoms with Crippen LogP contribution >= 0.6 is 11.3 Å². The Kier molecular flexibility index (Phi) is 8.13. The van der Waals surface area contributed by atoms with Gasteiger partial charge in [0, 0.05) is 32.3 Å². The fourth-order valence-corrected chi connectivity index (χ4v) is 4.29. The largest absolute Gasteiger partial charge is 0.383 e. The Morgan fingerprint density at radius 1 is 1.19 bits per heavy atom. The van der Waals surface area contributed by atoms with Crippen LogP contribution in [-0.4, -0.2) is 62.0 Å². The Balaban J connectivity index is 1.66. The van der Waals surface area contributed by atoms with Crippen LogP contribution in [0.3, 0.4) is 0 Å². The fourth-order valence-electron chi connectivity index (χ4n) is 3.60. The first kappa shape index (κ1) is 22.9. The summed E-state index contributed by atoms with van der Waals surface area (Å²) in [6, 6.07) is 8.06. The van der Waals surface area contributed by atoms with E-state index >= 15 is 0 Å². The van der Waals surface area contributed by atoms with Crippen molar-refractivity contribution in [1.82, 2.24) is 15.5 Å². The monoisotopic (exact) mass is 447 g/mol. The van der Waals surface area contributed by atoms with Crippen molar-refractivity contribution in [1.29, 1.82) is 0 Å². The summed E-state index contributed by atoms with van der Waals surface area (Å²) in [4.78, 5) is 40.5. The van der Waals surface area contributed by atoms with Crippen LogP contribution in [0.4, 0.5) is 4.39 Å². The molecule has 0 radical (unpaired) electrons. The molecule has 2 aromatic rings. The second kappa shape index (κ2) is 11.0. The Hall–Kier alpha value is -2.78. The summed E-state index contributed by atoms with van der Waals surface area (Å²) in [5.74, 6) is -1.31. The average molecular weight is 448 g/mol. The topological polar surface area (TPSA) is 87.7 Å². The molecule has 1 aromatic carbocycles. The number of hydrogen-bond acceptors (Lipinski definition) is 5. The molecule has 1 atom stereocenters. The number of halogens is 1. The highest BCUT2D eigenvalue weighted by Crippen LogP contribution is 2.24. The molecule has 7 nitrogen and oxygen atoms in total. The number of rotatable bonds is 8.